The lowest BCUT2D eigenvalue weighted by Gasteiger charge is -2.37. The molecule has 0 spiro atoms. The first-order chi connectivity index (χ1) is 8.67. The van der Waals surface area contributed by atoms with E-state index in [4.69, 9.17) is 22.6 Å². The van der Waals surface area contributed by atoms with Gasteiger partial charge in [-0.3, -0.25) is 0 Å². The molecule has 0 aliphatic heterocycles. The molecule has 0 bridgehead atoms. The third-order valence-electron chi connectivity index (χ3n) is 3.65. The van der Waals surface area contributed by atoms with E-state index in [-0.39, 0.29) is 0 Å². The van der Waals surface area contributed by atoms with Crippen LogP contribution in [0.15, 0.2) is 0 Å². The maximum atomic E-state index is 8.92. The first kappa shape index (κ1) is 13.6. The van der Waals surface area contributed by atoms with Gasteiger partial charge in [-0.05, 0) is 25.3 Å². The first-order valence-electron chi connectivity index (χ1n) is 6.16. The Morgan fingerprint density at radius 1 is 1.56 bits per heavy atom. The fourth-order valence-corrected chi connectivity index (χ4v) is 3.69. The van der Waals surface area contributed by atoms with Crippen LogP contribution < -0.4 is 10.6 Å². The summed E-state index contributed by atoms with van der Waals surface area (Å²) in [6.45, 7) is 0.708. The van der Waals surface area contributed by atoms with Gasteiger partial charge in [0.25, 0.3) is 0 Å². The highest BCUT2D eigenvalue weighted by atomic mass is 35.5. The Hall–Kier alpha value is -0.830. The predicted octanol–water partition coefficient (Wildman–Crippen LogP) is 2.62. The predicted molar refractivity (Wildman–Crippen MR) is 75.0 cm³/mol. The molecular formula is C12H17ClN4S. The highest BCUT2D eigenvalue weighted by Gasteiger charge is 2.29. The molecule has 2 unspecified atom stereocenters. The highest BCUT2D eigenvalue weighted by Crippen LogP contribution is 2.34. The monoisotopic (exact) mass is 284 g/mol. The van der Waals surface area contributed by atoms with Gasteiger partial charge in [0, 0.05) is 13.1 Å². The second-order valence-electron chi connectivity index (χ2n) is 4.69. The molecule has 0 aromatic carbocycles. The average molecular weight is 285 g/mol. The minimum atomic E-state index is 0.310. The number of hydrogen-bond donors (Lipinski definition) is 1. The SMILES string of the molecule is CN(c1nc(Cl)c(C#N)s1)C1CCCCC1CN. The molecular weight excluding hydrogens is 268 g/mol. The van der Waals surface area contributed by atoms with E-state index < -0.39 is 0 Å². The van der Waals surface area contributed by atoms with Crippen molar-refractivity contribution in [2.45, 2.75) is 31.7 Å². The van der Waals surface area contributed by atoms with E-state index >= 15 is 0 Å². The molecule has 2 rings (SSSR count). The van der Waals surface area contributed by atoms with Crippen molar-refractivity contribution in [2.75, 3.05) is 18.5 Å². The number of nitrogens with zero attached hydrogens (tertiary/aromatic N) is 3. The van der Waals surface area contributed by atoms with Gasteiger partial charge in [-0.2, -0.15) is 5.26 Å². The van der Waals surface area contributed by atoms with Crippen molar-refractivity contribution in [2.24, 2.45) is 11.7 Å². The van der Waals surface area contributed by atoms with Crippen LogP contribution >= 0.6 is 22.9 Å². The summed E-state index contributed by atoms with van der Waals surface area (Å²) in [6, 6.07) is 2.49. The summed E-state index contributed by atoms with van der Waals surface area (Å²) in [4.78, 5) is 6.90. The third kappa shape index (κ3) is 2.61. The maximum Gasteiger partial charge on any atom is 0.188 e. The van der Waals surface area contributed by atoms with Crippen molar-refractivity contribution >= 4 is 28.1 Å². The molecule has 6 heteroatoms. The standard InChI is InChI=1S/C12H17ClN4S/c1-17(9-5-3-2-4-8(9)6-14)12-16-11(13)10(7-15)18-12/h8-9H,2-6,14H2,1H3. The van der Waals surface area contributed by atoms with E-state index in [1.54, 1.807) is 0 Å². The van der Waals surface area contributed by atoms with Crippen LogP contribution in [-0.4, -0.2) is 24.6 Å². The molecule has 98 valence electrons. The number of thiazole rings is 1. The molecule has 0 radical (unpaired) electrons. The van der Waals surface area contributed by atoms with Crippen LogP contribution in [0.4, 0.5) is 5.13 Å². The topological polar surface area (TPSA) is 65.9 Å². The number of halogens is 1. The van der Waals surface area contributed by atoms with Gasteiger partial charge in [0.15, 0.2) is 10.3 Å². The van der Waals surface area contributed by atoms with Crippen molar-refractivity contribution in [3.8, 4) is 6.07 Å². The molecule has 1 aromatic heterocycles. The normalized spacial score (nSPS) is 23.7. The lowest BCUT2D eigenvalue weighted by atomic mass is 9.84. The first-order valence-corrected chi connectivity index (χ1v) is 7.36. The second-order valence-corrected chi connectivity index (χ2v) is 6.02. The summed E-state index contributed by atoms with van der Waals surface area (Å²) in [6.07, 6.45) is 4.80. The van der Waals surface area contributed by atoms with Crippen molar-refractivity contribution in [3.63, 3.8) is 0 Å². The maximum absolute atomic E-state index is 8.92. The van der Waals surface area contributed by atoms with E-state index in [2.05, 4.69) is 16.0 Å². The molecule has 4 nitrogen and oxygen atoms in total. The van der Waals surface area contributed by atoms with Gasteiger partial charge in [0.2, 0.25) is 0 Å². The molecule has 0 saturated heterocycles. The third-order valence-corrected chi connectivity index (χ3v) is 5.08. The lowest BCUT2D eigenvalue weighted by molar-refractivity contribution is 0.306. The van der Waals surface area contributed by atoms with Crippen molar-refractivity contribution in [3.05, 3.63) is 10.0 Å². The quantitative estimate of drug-likeness (QED) is 0.926. The van der Waals surface area contributed by atoms with Crippen molar-refractivity contribution < 1.29 is 0 Å². The zero-order valence-electron chi connectivity index (χ0n) is 10.4. The van der Waals surface area contributed by atoms with E-state index in [1.165, 1.54) is 30.6 Å². The molecule has 1 saturated carbocycles. The summed E-state index contributed by atoms with van der Waals surface area (Å²) in [5.74, 6) is 0.511. The van der Waals surface area contributed by atoms with E-state index in [9.17, 15) is 0 Å². The number of aromatic nitrogens is 1. The Morgan fingerprint density at radius 2 is 2.28 bits per heavy atom. The van der Waals surface area contributed by atoms with Crippen molar-refractivity contribution in [1.29, 1.82) is 5.26 Å². The summed E-state index contributed by atoms with van der Waals surface area (Å²) in [5, 5.41) is 10.1. The highest BCUT2D eigenvalue weighted by molar-refractivity contribution is 7.16. The second kappa shape index (κ2) is 5.87. The van der Waals surface area contributed by atoms with Gasteiger partial charge in [0.05, 0.1) is 0 Å². The number of nitrogens with two attached hydrogens (primary N) is 1. The Balaban J connectivity index is 2.18. The van der Waals surface area contributed by atoms with Crippen LogP contribution in [-0.2, 0) is 0 Å². The van der Waals surface area contributed by atoms with E-state index in [1.807, 2.05) is 7.05 Å². The lowest BCUT2D eigenvalue weighted by Crippen LogP contribution is -2.43. The summed E-state index contributed by atoms with van der Waals surface area (Å²) < 4.78 is 0. The number of hydrogen-bond acceptors (Lipinski definition) is 5. The zero-order chi connectivity index (χ0) is 13.1. The largest absolute Gasteiger partial charge is 0.348 e. The summed E-state index contributed by atoms with van der Waals surface area (Å²) in [7, 11) is 2.02. The fraction of sp³-hybridized carbons (Fsp3) is 0.667. The Labute approximate surface area is 116 Å². The average Bonchev–Trinajstić information content (AvgIpc) is 2.79. The molecule has 1 aliphatic carbocycles. The van der Waals surface area contributed by atoms with Crippen LogP contribution in [0.1, 0.15) is 30.6 Å². The molecule has 1 fully saturated rings. The number of nitriles is 1. The van der Waals surface area contributed by atoms with Crippen molar-refractivity contribution in [1.82, 2.24) is 4.98 Å². The Kier molecular flexibility index (Phi) is 4.44. The van der Waals surface area contributed by atoms with Crippen LogP contribution in [0.25, 0.3) is 0 Å². The van der Waals surface area contributed by atoms with Crippen LogP contribution in [0.2, 0.25) is 5.15 Å². The molecule has 2 N–H and O–H groups in total. The fourth-order valence-electron chi connectivity index (χ4n) is 2.63. The Morgan fingerprint density at radius 3 is 2.89 bits per heavy atom. The minimum absolute atomic E-state index is 0.310. The van der Waals surface area contributed by atoms with Gasteiger partial charge in [0.1, 0.15) is 10.9 Å². The molecule has 1 heterocycles. The van der Waals surface area contributed by atoms with Gasteiger partial charge < -0.3 is 10.6 Å². The molecule has 18 heavy (non-hydrogen) atoms. The van der Waals surface area contributed by atoms with Crippen LogP contribution in [0.3, 0.4) is 0 Å². The molecule has 1 aromatic rings. The molecule has 2 atom stereocenters. The molecule has 0 amide bonds. The summed E-state index contributed by atoms with van der Waals surface area (Å²) in [5.41, 5.74) is 5.85. The van der Waals surface area contributed by atoms with E-state index in [0.717, 1.165) is 11.6 Å². The van der Waals surface area contributed by atoms with Gasteiger partial charge in [-0.15, -0.1) is 0 Å². The minimum Gasteiger partial charge on any atom is -0.348 e. The van der Waals surface area contributed by atoms with E-state index in [0.29, 0.717) is 28.5 Å². The van der Waals surface area contributed by atoms with Gasteiger partial charge >= 0.3 is 0 Å². The van der Waals surface area contributed by atoms with Gasteiger partial charge in [-0.25, -0.2) is 4.98 Å². The summed E-state index contributed by atoms with van der Waals surface area (Å²) >= 11 is 7.28. The van der Waals surface area contributed by atoms with Gasteiger partial charge in [-0.1, -0.05) is 35.8 Å². The smallest absolute Gasteiger partial charge is 0.188 e. The zero-order valence-corrected chi connectivity index (χ0v) is 12.0. The number of anilines is 1. The number of rotatable bonds is 3. The van der Waals surface area contributed by atoms with Crippen LogP contribution in [0, 0.1) is 17.2 Å². The van der Waals surface area contributed by atoms with Crippen LogP contribution in [0.5, 0.6) is 0 Å². The Bertz CT molecular complexity index is 453. The molecule has 1 aliphatic rings.